The molecule has 0 aliphatic rings. The van der Waals surface area contributed by atoms with Crippen molar-refractivity contribution in [2.75, 3.05) is 21.1 Å². The van der Waals surface area contributed by atoms with Gasteiger partial charge >= 0.3 is 0 Å². The highest BCUT2D eigenvalue weighted by Gasteiger charge is 2.30. The minimum absolute atomic E-state index is 0.245. The van der Waals surface area contributed by atoms with Crippen LogP contribution in [0.15, 0.2) is 12.2 Å². The third kappa shape index (κ3) is 1.82. The first-order chi connectivity index (χ1) is 5.54. The van der Waals surface area contributed by atoms with Crippen molar-refractivity contribution in [3.8, 4) is 0 Å². The fourth-order valence-electron chi connectivity index (χ4n) is 1.01. The predicted octanol–water partition coefficient (Wildman–Crippen LogP) is -1.66. The largest absolute Gasteiger partial charge is 0.366 e. The van der Waals surface area contributed by atoms with E-state index in [4.69, 9.17) is 5.73 Å². The van der Waals surface area contributed by atoms with Crippen LogP contribution in [0.1, 0.15) is 0 Å². The van der Waals surface area contributed by atoms with Crippen LogP contribution in [0.5, 0.6) is 0 Å². The lowest BCUT2D eigenvalue weighted by Gasteiger charge is -2.33. The molecule has 0 heterocycles. The lowest BCUT2D eigenvalue weighted by atomic mass is 10.1. The summed E-state index contributed by atoms with van der Waals surface area (Å²) in [6.45, 7) is 3.58. The quantitative estimate of drug-likeness (QED) is 0.296. The van der Waals surface area contributed by atoms with Gasteiger partial charge in [0.1, 0.15) is 0 Å². The molecule has 0 unspecified atom stereocenters. The molecule has 5 heteroatoms. The molecule has 12 heavy (non-hydrogen) atoms. The molecule has 0 saturated carbocycles. The first kappa shape index (κ1) is 11.1. The Morgan fingerprint density at radius 2 is 1.58 bits per heavy atom. The van der Waals surface area contributed by atoms with Crippen molar-refractivity contribution in [3.05, 3.63) is 12.2 Å². The molecule has 1 amide bonds. The van der Waals surface area contributed by atoms with E-state index in [1.54, 1.807) is 21.1 Å². The van der Waals surface area contributed by atoms with E-state index in [0.717, 1.165) is 0 Å². The summed E-state index contributed by atoms with van der Waals surface area (Å²) in [6, 6.07) is 0. The van der Waals surface area contributed by atoms with Crippen LogP contribution >= 0.6 is 0 Å². The minimum Gasteiger partial charge on any atom is -0.366 e. The second-order valence-electron chi connectivity index (χ2n) is 2.34. The summed E-state index contributed by atoms with van der Waals surface area (Å²) in [4.78, 5) is 10.8. The molecule has 0 aliphatic carbocycles. The topological polar surface area (TPSA) is 79.2 Å². The van der Waals surface area contributed by atoms with Gasteiger partial charge in [-0.15, -0.1) is 0 Å². The van der Waals surface area contributed by atoms with Crippen LogP contribution in [0.3, 0.4) is 0 Å². The van der Waals surface area contributed by atoms with Gasteiger partial charge in [0.15, 0.2) is 5.79 Å². The molecule has 0 aromatic heterocycles. The normalized spacial score (nSPS) is 11.2. The van der Waals surface area contributed by atoms with Gasteiger partial charge < -0.3 is 5.73 Å². The van der Waals surface area contributed by atoms with Gasteiger partial charge in [-0.05, 0) is 21.1 Å². The van der Waals surface area contributed by atoms with Crippen LogP contribution in [0.2, 0.25) is 0 Å². The first-order valence-corrected chi connectivity index (χ1v) is 3.60. The lowest BCUT2D eigenvalue weighted by Crippen LogP contribution is -2.65. The molecule has 0 aliphatic heterocycles. The Hall–Kier alpha value is -0.910. The molecule has 0 atom stereocenters. The van der Waals surface area contributed by atoms with Crippen molar-refractivity contribution in [3.63, 3.8) is 0 Å². The summed E-state index contributed by atoms with van der Waals surface area (Å²) in [5, 5.41) is 8.62. The van der Waals surface area contributed by atoms with Crippen molar-refractivity contribution in [2.24, 2.45) is 5.73 Å². The maximum atomic E-state index is 10.8. The van der Waals surface area contributed by atoms with E-state index >= 15 is 0 Å². The standard InChI is InChI=1S/C7H16N4O/c1-5(6(8)12)7(9-2,10-3)11-4/h9-11H,1H2,2-4H3,(H2,8,12). The van der Waals surface area contributed by atoms with Crippen LogP contribution < -0.4 is 21.7 Å². The Morgan fingerprint density at radius 1 is 1.25 bits per heavy atom. The molecule has 0 aromatic rings. The molecule has 0 rings (SSSR count). The van der Waals surface area contributed by atoms with Crippen LogP contribution in [0.25, 0.3) is 0 Å². The number of likely N-dealkylation sites (N-methyl/N-ethyl adjacent to an activating group) is 3. The zero-order chi connectivity index (χ0) is 9.78. The second kappa shape index (κ2) is 4.20. The summed E-state index contributed by atoms with van der Waals surface area (Å²) in [7, 11) is 5.09. The van der Waals surface area contributed by atoms with E-state index in [1.165, 1.54) is 0 Å². The van der Waals surface area contributed by atoms with Crippen LogP contribution in [0.4, 0.5) is 0 Å². The fourth-order valence-corrected chi connectivity index (χ4v) is 1.01. The van der Waals surface area contributed by atoms with Gasteiger partial charge in [-0.3, -0.25) is 20.7 Å². The van der Waals surface area contributed by atoms with E-state index in [-0.39, 0.29) is 5.57 Å². The highest BCUT2D eigenvalue weighted by atomic mass is 16.1. The third-order valence-electron chi connectivity index (χ3n) is 1.88. The Morgan fingerprint density at radius 3 is 1.67 bits per heavy atom. The number of carbonyl (C=O) groups is 1. The van der Waals surface area contributed by atoms with Gasteiger partial charge in [-0.2, -0.15) is 0 Å². The summed E-state index contributed by atoms with van der Waals surface area (Å²) < 4.78 is 0. The van der Waals surface area contributed by atoms with E-state index in [1.807, 2.05) is 0 Å². The van der Waals surface area contributed by atoms with E-state index in [0.29, 0.717) is 0 Å². The van der Waals surface area contributed by atoms with Crippen molar-refractivity contribution < 1.29 is 4.79 Å². The second-order valence-corrected chi connectivity index (χ2v) is 2.34. The monoisotopic (exact) mass is 172 g/mol. The predicted molar refractivity (Wildman–Crippen MR) is 48.2 cm³/mol. The van der Waals surface area contributed by atoms with Crippen molar-refractivity contribution in [2.45, 2.75) is 5.79 Å². The van der Waals surface area contributed by atoms with Crippen molar-refractivity contribution >= 4 is 5.91 Å². The highest BCUT2D eigenvalue weighted by Crippen LogP contribution is 2.05. The van der Waals surface area contributed by atoms with Gasteiger partial charge in [-0.25, -0.2) is 0 Å². The summed E-state index contributed by atoms with van der Waals surface area (Å²) in [5.74, 6) is -1.36. The lowest BCUT2D eigenvalue weighted by molar-refractivity contribution is -0.115. The van der Waals surface area contributed by atoms with Gasteiger partial charge in [0.2, 0.25) is 5.91 Å². The average molecular weight is 172 g/mol. The average Bonchev–Trinajstić information content (AvgIpc) is 2.08. The molecule has 5 nitrogen and oxygen atoms in total. The zero-order valence-corrected chi connectivity index (χ0v) is 7.69. The molecule has 0 fully saturated rings. The highest BCUT2D eigenvalue weighted by molar-refractivity contribution is 5.93. The molecule has 0 saturated heterocycles. The summed E-state index contributed by atoms with van der Waals surface area (Å²) >= 11 is 0. The van der Waals surface area contributed by atoms with Gasteiger partial charge in [0.05, 0.1) is 5.57 Å². The van der Waals surface area contributed by atoms with Gasteiger partial charge in [0.25, 0.3) is 0 Å². The Kier molecular flexibility index (Phi) is 3.88. The van der Waals surface area contributed by atoms with Crippen LogP contribution in [-0.2, 0) is 4.79 Å². The number of primary amides is 1. The zero-order valence-electron chi connectivity index (χ0n) is 7.69. The fraction of sp³-hybridized carbons (Fsp3) is 0.571. The number of carbonyl (C=O) groups excluding carboxylic acids is 1. The summed E-state index contributed by atoms with van der Waals surface area (Å²) in [6.07, 6.45) is 0. The molecule has 5 N–H and O–H groups in total. The van der Waals surface area contributed by atoms with Crippen LogP contribution in [0, 0.1) is 0 Å². The molecular weight excluding hydrogens is 156 g/mol. The first-order valence-electron chi connectivity index (χ1n) is 3.60. The SMILES string of the molecule is C=C(C(N)=O)C(NC)(NC)NC. The molecular formula is C7H16N4O. The molecule has 70 valence electrons. The maximum absolute atomic E-state index is 10.8. The van der Waals surface area contributed by atoms with Crippen molar-refractivity contribution in [1.29, 1.82) is 0 Å². The smallest absolute Gasteiger partial charge is 0.248 e. The number of hydrogen-bond acceptors (Lipinski definition) is 4. The van der Waals surface area contributed by atoms with Gasteiger partial charge in [-0.1, -0.05) is 6.58 Å². The molecule has 0 radical (unpaired) electrons. The van der Waals surface area contributed by atoms with E-state index in [2.05, 4.69) is 22.5 Å². The Labute approximate surface area is 72.4 Å². The Balaban J connectivity index is 4.71. The number of hydrogen-bond donors (Lipinski definition) is 4. The molecule has 0 aromatic carbocycles. The van der Waals surface area contributed by atoms with Gasteiger partial charge in [0, 0.05) is 0 Å². The van der Waals surface area contributed by atoms with Crippen molar-refractivity contribution in [1.82, 2.24) is 16.0 Å². The van der Waals surface area contributed by atoms with Crippen LogP contribution in [-0.4, -0.2) is 32.8 Å². The molecule has 0 spiro atoms. The third-order valence-corrected chi connectivity index (χ3v) is 1.88. The number of nitrogens with one attached hydrogen (secondary N) is 3. The summed E-state index contributed by atoms with van der Waals surface area (Å²) in [5.41, 5.74) is 5.34. The Bertz CT molecular complexity index is 178. The number of rotatable bonds is 5. The van der Waals surface area contributed by atoms with E-state index in [9.17, 15) is 4.79 Å². The minimum atomic E-state index is -0.814. The molecule has 0 bridgehead atoms. The maximum Gasteiger partial charge on any atom is 0.248 e. The number of nitrogens with two attached hydrogens (primary N) is 1. The number of amides is 1. The van der Waals surface area contributed by atoms with E-state index < -0.39 is 11.7 Å².